The van der Waals surface area contributed by atoms with E-state index in [-0.39, 0.29) is 12.1 Å². The summed E-state index contributed by atoms with van der Waals surface area (Å²) >= 11 is 0. The van der Waals surface area contributed by atoms with Gasteiger partial charge >= 0.3 is 0 Å². The van der Waals surface area contributed by atoms with E-state index in [2.05, 4.69) is 21.8 Å². The van der Waals surface area contributed by atoms with Gasteiger partial charge < -0.3 is 10.5 Å². The van der Waals surface area contributed by atoms with Crippen LogP contribution in [0.3, 0.4) is 0 Å². The van der Waals surface area contributed by atoms with Gasteiger partial charge in [0.25, 0.3) is 5.91 Å². The van der Waals surface area contributed by atoms with Gasteiger partial charge in [0.05, 0.1) is 30.1 Å². The van der Waals surface area contributed by atoms with Crippen molar-refractivity contribution in [1.29, 1.82) is 0 Å². The van der Waals surface area contributed by atoms with Crippen LogP contribution in [0.15, 0.2) is 61.1 Å². The topological polar surface area (TPSA) is 102 Å². The molecule has 0 bridgehead atoms. The lowest BCUT2D eigenvalue weighted by molar-refractivity contribution is 0.100. The molecule has 0 fully saturated rings. The molecule has 0 aliphatic rings. The number of nitrogens with two attached hydrogens (primary N) is 1. The number of hydroxylamine groups is 1. The summed E-state index contributed by atoms with van der Waals surface area (Å²) in [6, 6.07) is 12.2. The minimum atomic E-state index is -0.596. The van der Waals surface area contributed by atoms with Gasteiger partial charge in [-0.2, -0.15) is 0 Å². The third-order valence-electron chi connectivity index (χ3n) is 4.12. The summed E-state index contributed by atoms with van der Waals surface area (Å²) in [5, 5.41) is 11.6. The monoisotopic (exact) mass is 388 g/mol. The third kappa shape index (κ3) is 4.96. The number of ether oxygens (including phenoxy) is 1. The molecule has 0 unspecified atom stereocenters. The van der Waals surface area contributed by atoms with E-state index >= 15 is 0 Å². The number of rotatable bonds is 6. The maximum atomic E-state index is 11.8. The number of amides is 1. The second kappa shape index (κ2) is 9.46. The van der Waals surface area contributed by atoms with Gasteiger partial charge in [-0.05, 0) is 42.5 Å². The smallest absolute Gasteiger partial charge is 0.250 e. The van der Waals surface area contributed by atoms with Crippen molar-refractivity contribution in [3.05, 3.63) is 77.7 Å². The fraction of sp³-hybridized carbons (Fsp3) is 0.136. The third-order valence-corrected chi connectivity index (χ3v) is 4.12. The van der Waals surface area contributed by atoms with Crippen LogP contribution in [0.4, 0.5) is 5.69 Å². The van der Waals surface area contributed by atoms with Crippen molar-refractivity contribution in [3.63, 3.8) is 0 Å². The normalized spacial score (nSPS) is 10.1. The van der Waals surface area contributed by atoms with E-state index < -0.39 is 5.91 Å². The first kappa shape index (κ1) is 20.0. The first-order chi connectivity index (χ1) is 14.1. The molecule has 2 heterocycles. The number of carbonyl (C=O) groups excluding carboxylic acids is 1. The molecule has 7 heteroatoms. The van der Waals surface area contributed by atoms with Crippen LogP contribution in [0.5, 0.6) is 0 Å². The largest absolute Gasteiger partial charge is 0.383 e. The molecular weight excluding hydrogens is 368 g/mol. The first-order valence-corrected chi connectivity index (χ1v) is 8.87. The standard InChI is InChI=1S/C22H20N4O3/c1-29-13-12-26(28)20-14-16(6-7-17-4-2-10-24-15-17)8-9-18(20)21-19(22(23)27)5-3-11-25-21/h2-5,8-11,14-15,28H,12-13H2,1H3,(H2,23,27). The molecule has 1 aromatic carbocycles. The average Bonchev–Trinajstić information content (AvgIpc) is 2.76. The van der Waals surface area contributed by atoms with E-state index in [0.29, 0.717) is 29.1 Å². The van der Waals surface area contributed by atoms with Gasteiger partial charge in [-0.3, -0.25) is 25.0 Å². The number of aromatic nitrogens is 2. The van der Waals surface area contributed by atoms with Gasteiger partial charge in [-0.1, -0.05) is 11.8 Å². The number of methoxy groups -OCH3 is 1. The van der Waals surface area contributed by atoms with Crippen molar-refractivity contribution in [2.24, 2.45) is 5.73 Å². The molecular formula is C22H20N4O3. The van der Waals surface area contributed by atoms with Crippen molar-refractivity contribution in [2.45, 2.75) is 0 Å². The molecule has 29 heavy (non-hydrogen) atoms. The van der Waals surface area contributed by atoms with E-state index in [1.54, 1.807) is 56.0 Å². The minimum Gasteiger partial charge on any atom is -0.383 e. The van der Waals surface area contributed by atoms with Crippen LogP contribution < -0.4 is 10.8 Å². The number of benzene rings is 1. The predicted octanol–water partition coefficient (Wildman–Crippen LogP) is 2.48. The van der Waals surface area contributed by atoms with E-state index in [4.69, 9.17) is 10.5 Å². The highest BCUT2D eigenvalue weighted by Gasteiger charge is 2.17. The number of anilines is 1. The average molecular weight is 388 g/mol. The van der Waals surface area contributed by atoms with Gasteiger partial charge in [0.15, 0.2) is 0 Å². The molecule has 0 saturated carbocycles. The number of hydrogen-bond donors (Lipinski definition) is 2. The minimum absolute atomic E-state index is 0.224. The molecule has 0 radical (unpaired) electrons. The summed E-state index contributed by atoms with van der Waals surface area (Å²) in [5.41, 5.74) is 8.61. The molecule has 1 amide bonds. The Morgan fingerprint density at radius 3 is 2.69 bits per heavy atom. The molecule has 2 aromatic heterocycles. The van der Waals surface area contributed by atoms with Crippen LogP contribution in [0.1, 0.15) is 21.5 Å². The Morgan fingerprint density at radius 1 is 1.17 bits per heavy atom. The number of nitrogens with zero attached hydrogens (tertiary/aromatic N) is 3. The fourth-order valence-electron chi connectivity index (χ4n) is 2.72. The zero-order valence-corrected chi connectivity index (χ0v) is 15.9. The van der Waals surface area contributed by atoms with Crippen LogP contribution in [0, 0.1) is 11.8 Å². The summed E-state index contributed by atoms with van der Waals surface area (Å²) in [6.07, 6.45) is 4.92. The van der Waals surface area contributed by atoms with Crippen LogP contribution >= 0.6 is 0 Å². The highest BCUT2D eigenvalue weighted by Crippen LogP contribution is 2.32. The Kier molecular flexibility index (Phi) is 6.53. The summed E-state index contributed by atoms with van der Waals surface area (Å²) in [5.74, 6) is 5.49. The Hall–Kier alpha value is -3.73. The number of pyridine rings is 2. The van der Waals surface area contributed by atoms with Crippen molar-refractivity contribution in [1.82, 2.24) is 9.97 Å². The van der Waals surface area contributed by atoms with Gasteiger partial charge in [-0.25, -0.2) is 0 Å². The van der Waals surface area contributed by atoms with Crippen molar-refractivity contribution >= 4 is 11.6 Å². The Balaban J connectivity index is 2.07. The molecule has 0 spiro atoms. The fourth-order valence-corrected chi connectivity index (χ4v) is 2.72. The van der Waals surface area contributed by atoms with Crippen molar-refractivity contribution in [2.75, 3.05) is 25.3 Å². The Morgan fingerprint density at radius 2 is 1.97 bits per heavy atom. The summed E-state index contributed by atoms with van der Waals surface area (Å²) in [7, 11) is 1.55. The maximum absolute atomic E-state index is 11.8. The molecule has 7 nitrogen and oxygen atoms in total. The molecule has 3 aromatic rings. The summed E-state index contributed by atoms with van der Waals surface area (Å²) in [4.78, 5) is 20.2. The predicted molar refractivity (Wildman–Crippen MR) is 109 cm³/mol. The SMILES string of the molecule is COCCN(O)c1cc(C#Cc2cccnc2)ccc1-c1ncccc1C(N)=O. The first-order valence-electron chi connectivity index (χ1n) is 8.87. The van der Waals surface area contributed by atoms with E-state index in [0.717, 1.165) is 10.6 Å². The molecule has 146 valence electrons. The molecule has 0 aliphatic heterocycles. The van der Waals surface area contributed by atoms with Crippen LogP contribution in [-0.2, 0) is 4.74 Å². The van der Waals surface area contributed by atoms with E-state index in [1.807, 2.05) is 12.1 Å². The lowest BCUT2D eigenvalue weighted by Crippen LogP contribution is -2.24. The highest BCUT2D eigenvalue weighted by molar-refractivity contribution is 6.00. The second-order valence-electron chi connectivity index (χ2n) is 6.10. The van der Waals surface area contributed by atoms with E-state index in [9.17, 15) is 10.0 Å². The van der Waals surface area contributed by atoms with Crippen molar-refractivity contribution in [3.8, 4) is 23.1 Å². The van der Waals surface area contributed by atoms with Crippen LogP contribution in [0.2, 0.25) is 0 Å². The van der Waals surface area contributed by atoms with Crippen LogP contribution in [0.25, 0.3) is 11.3 Å². The zero-order chi connectivity index (χ0) is 20.6. The molecule has 0 atom stereocenters. The maximum Gasteiger partial charge on any atom is 0.250 e. The number of primary amides is 1. The lowest BCUT2D eigenvalue weighted by atomic mass is 10.0. The Bertz CT molecular complexity index is 1060. The van der Waals surface area contributed by atoms with Gasteiger partial charge in [0.1, 0.15) is 0 Å². The van der Waals surface area contributed by atoms with Crippen molar-refractivity contribution < 1.29 is 14.7 Å². The summed E-state index contributed by atoms with van der Waals surface area (Å²) in [6.45, 7) is 0.536. The summed E-state index contributed by atoms with van der Waals surface area (Å²) < 4.78 is 5.05. The van der Waals surface area contributed by atoms with Gasteiger partial charge in [0, 0.05) is 42.4 Å². The second-order valence-corrected chi connectivity index (χ2v) is 6.10. The lowest BCUT2D eigenvalue weighted by Gasteiger charge is -2.21. The van der Waals surface area contributed by atoms with E-state index in [1.165, 1.54) is 0 Å². The molecule has 0 saturated heterocycles. The Labute approximate surface area is 168 Å². The zero-order valence-electron chi connectivity index (χ0n) is 15.9. The van der Waals surface area contributed by atoms with Gasteiger partial charge in [0.2, 0.25) is 0 Å². The van der Waals surface area contributed by atoms with Crippen LogP contribution in [-0.4, -0.2) is 41.3 Å². The quantitative estimate of drug-likeness (QED) is 0.497. The molecule has 0 aliphatic carbocycles. The van der Waals surface area contributed by atoms with Gasteiger partial charge in [-0.15, -0.1) is 0 Å². The molecule has 3 N–H and O–H groups in total. The number of hydrogen-bond acceptors (Lipinski definition) is 6. The highest BCUT2D eigenvalue weighted by atomic mass is 16.5. The molecule has 3 rings (SSSR count). The number of carbonyl (C=O) groups is 1.